The van der Waals surface area contributed by atoms with Crippen molar-refractivity contribution in [2.45, 2.75) is 12.2 Å². The van der Waals surface area contributed by atoms with E-state index in [1.165, 1.54) is 12.5 Å². The van der Waals surface area contributed by atoms with E-state index in [-0.39, 0.29) is 0 Å². The van der Waals surface area contributed by atoms with Crippen molar-refractivity contribution in [2.75, 3.05) is 0 Å². The van der Waals surface area contributed by atoms with Crippen LogP contribution in [-0.4, -0.2) is 16.0 Å². The Hall–Kier alpha value is -0.340. The molecular formula is C5H7O2. The molecule has 0 bridgehead atoms. The van der Waals surface area contributed by atoms with Crippen LogP contribution in [0.15, 0.2) is 12.2 Å². The normalized spacial score (nSPS) is 26.0. The molecule has 39 valence electrons. The van der Waals surface area contributed by atoms with Crippen molar-refractivity contribution < 1.29 is 10.2 Å². The lowest BCUT2D eigenvalue weighted by Crippen LogP contribution is -2.21. The van der Waals surface area contributed by atoms with E-state index in [1.54, 1.807) is 6.08 Å². The summed E-state index contributed by atoms with van der Waals surface area (Å²) in [6, 6.07) is 0. The molecule has 1 radical (unpaired) electrons. The highest BCUT2D eigenvalue weighted by atomic mass is 16.5. The topological polar surface area (TPSA) is 40.5 Å². The molecule has 2 N–H and O–H groups in total. The van der Waals surface area contributed by atoms with Crippen LogP contribution >= 0.6 is 0 Å². The van der Waals surface area contributed by atoms with Crippen LogP contribution in [0.4, 0.5) is 0 Å². The van der Waals surface area contributed by atoms with Gasteiger partial charge >= 0.3 is 0 Å². The molecular weight excluding hydrogens is 92.1 g/mol. The van der Waals surface area contributed by atoms with E-state index in [0.717, 1.165) is 0 Å². The molecule has 0 atom stereocenters. The van der Waals surface area contributed by atoms with Gasteiger partial charge in [0.15, 0.2) is 5.79 Å². The Kier molecular flexibility index (Phi) is 0.905. The van der Waals surface area contributed by atoms with Gasteiger partial charge in [-0.15, -0.1) is 0 Å². The number of hydrogen-bond acceptors (Lipinski definition) is 2. The third-order valence-electron chi connectivity index (χ3n) is 0.918. The van der Waals surface area contributed by atoms with E-state index in [2.05, 4.69) is 0 Å². The van der Waals surface area contributed by atoms with Gasteiger partial charge in [0, 0.05) is 6.42 Å². The first kappa shape index (κ1) is 4.81. The second-order valence-corrected chi connectivity index (χ2v) is 1.63. The third kappa shape index (κ3) is 1.01. The van der Waals surface area contributed by atoms with Gasteiger partial charge < -0.3 is 10.2 Å². The van der Waals surface area contributed by atoms with Gasteiger partial charge in [-0.3, -0.25) is 0 Å². The highest BCUT2D eigenvalue weighted by molar-refractivity contribution is 5.11. The van der Waals surface area contributed by atoms with Gasteiger partial charge in [-0.2, -0.15) is 0 Å². The molecule has 0 amide bonds. The molecule has 7 heavy (non-hydrogen) atoms. The van der Waals surface area contributed by atoms with Crippen LogP contribution in [0, 0.1) is 6.42 Å². The van der Waals surface area contributed by atoms with Gasteiger partial charge in [-0.1, -0.05) is 6.08 Å². The van der Waals surface area contributed by atoms with Crippen molar-refractivity contribution in [3.63, 3.8) is 0 Å². The zero-order chi connectivity index (χ0) is 5.33. The Morgan fingerprint density at radius 3 is 2.29 bits per heavy atom. The predicted molar refractivity (Wildman–Crippen MR) is 25.2 cm³/mol. The quantitative estimate of drug-likeness (QED) is 0.327. The van der Waals surface area contributed by atoms with E-state index < -0.39 is 5.79 Å². The maximum absolute atomic E-state index is 8.61. The molecule has 2 nitrogen and oxygen atoms in total. The molecule has 0 fully saturated rings. The predicted octanol–water partition coefficient (Wildman–Crippen LogP) is -0.169. The molecule has 1 aliphatic rings. The Labute approximate surface area is 42.1 Å². The Morgan fingerprint density at radius 1 is 1.43 bits per heavy atom. The van der Waals surface area contributed by atoms with Crippen molar-refractivity contribution in [1.82, 2.24) is 0 Å². The standard InChI is InChI=1S/C5H7O2/c6-5(7)3-1-2-4-5/h1,3-4,6-7H,2H2. The molecule has 0 saturated carbocycles. The summed E-state index contributed by atoms with van der Waals surface area (Å²) < 4.78 is 0. The summed E-state index contributed by atoms with van der Waals surface area (Å²) in [5.74, 6) is -1.61. The summed E-state index contributed by atoms with van der Waals surface area (Å²) in [5.41, 5.74) is 0. The van der Waals surface area contributed by atoms with Crippen LogP contribution in [0.2, 0.25) is 0 Å². The molecule has 1 aliphatic carbocycles. The van der Waals surface area contributed by atoms with Crippen molar-refractivity contribution in [2.24, 2.45) is 0 Å². The third-order valence-corrected chi connectivity index (χ3v) is 0.918. The first-order chi connectivity index (χ1) is 3.21. The second-order valence-electron chi connectivity index (χ2n) is 1.63. The highest BCUT2D eigenvalue weighted by Crippen LogP contribution is 2.16. The minimum Gasteiger partial charge on any atom is -0.362 e. The van der Waals surface area contributed by atoms with Gasteiger partial charge in [-0.05, 0) is 12.5 Å². The first-order valence-corrected chi connectivity index (χ1v) is 2.17. The van der Waals surface area contributed by atoms with Crippen LogP contribution in [0.3, 0.4) is 0 Å². The lowest BCUT2D eigenvalue weighted by molar-refractivity contribution is -0.0847. The maximum Gasteiger partial charge on any atom is 0.186 e. The van der Waals surface area contributed by atoms with E-state index in [4.69, 9.17) is 10.2 Å². The molecule has 0 saturated heterocycles. The molecule has 0 unspecified atom stereocenters. The monoisotopic (exact) mass is 99.0 g/mol. The molecule has 0 heterocycles. The Morgan fingerprint density at radius 2 is 2.14 bits per heavy atom. The van der Waals surface area contributed by atoms with Crippen LogP contribution in [-0.2, 0) is 0 Å². The number of aliphatic hydroxyl groups is 2. The van der Waals surface area contributed by atoms with Crippen LogP contribution in [0.25, 0.3) is 0 Å². The SMILES string of the molecule is OC1(O)[CH]CC=C1. The first-order valence-electron chi connectivity index (χ1n) is 2.17. The molecule has 2 heteroatoms. The van der Waals surface area contributed by atoms with E-state index in [0.29, 0.717) is 6.42 Å². The van der Waals surface area contributed by atoms with Crippen LogP contribution in [0.1, 0.15) is 6.42 Å². The minimum atomic E-state index is -1.61. The zero-order valence-corrected chi connectivity index (χ0v) is 3.83. The highest BCUT2D eigenvalue weighted by Gasteiger charge is 2.21. The fourth-order valence-corrected chi connectivity index (χ4v) is 0.551. The van der Waals surface area contributed by atoms with E-state index in [9.17, 15) is 0 Å². The molecule has 0 aromatic rings. The summed E-state index contributed by atoms with van der Waals surface area (Å²) in [4.78, 5) is 0. The minimum absolute atomic E-state index is 0.660. The lowest BCUT2D eigenvalue weighted by Gasteiger charge is -2.08. The van der Waals surface area contributed by atoms with Gasteiger partial charge in [0.05, 0.1) is 0 Å². The van der Waals surface area contributed by atoms with Gasteiger partial charge in [-0.25, -0.2) is 0 Å². The number of rotatable bonds is 0. The molecule has 1 rings (SSSR count). The smallest absolute Gasteiger partial charge is 0.186 e. The fourth-order valence-electron chi connectivity index (χ4n) is 0.551. The Bertz CT molecular complexity index is 94.3. The summed E-state index contributed by atoms with van der Waals surface area (Å²) in [5, 5.41) is 17.2. The second kappa shape index (κ2) is 1.32. The summed E-state index contributed by atoms with van der Waals surface area (Å²) in [6.45, 7) is 0. The van der Waals surface area contributed by atoms with Gasteiger partial charge in [0.2, 0.25) is 0 Å². The Balaban J connectivity index is 2.57. The summed E-state index contributed by atoms with van der Waals surface area (Å²) in [6.07, 6.45) is 5.15. The van der Waals surface area contributed by atoms with Crippen molar-refractivity contribution in [3.8, 4) is 0 Å². The number of allylic oxidation sites excluding steroid dienone is 1. The van der Waals surface area contributed by atoms with Crippen molar-refractivity contribution in [3.05, 3.63) is 18.6 Å². The van der Waals surface area contributed by atoms with Crippen molar-refractivity contribution >= 4 is 0 Å². The maximum atomic E-state index is 8.61. The lowest BCUT2D eigenvalue weighted by atomic mass is 10.3. The largest absolute Gasteiger partial charge is 0.362 e. The molecule has 0 aromatic carbocycles. The van der Waals surface area contributed by atoms with Crippen LogP contribution < -0.4 is 0 Å². The zero-order valence-electron chi connectivity index (χ0n) is 3.83. The fraction of sp³-hybridized carbons (Fsp3) is 0.400. The van der Waals surface area contributed by atoms with Gasteiger partial charge in [0.1, 0.15) is 0 Å². The van der Waals surface area contributed by atoms with E-state index in [1.807, 2.05) is 0 Å². The van der Waals surface area contributed by atoms with Gasteiger partial charge in [0.25, 0.3) is 0 Å². The molecule has 0 aromatic heterocycles. The average molecular weight is 99.1 g/mol. The summed E-state index contributed by atoms with van der Waals surface area (Å²) in [7, 11) is 0. The molecule has 0 aliphatic heterocycles. The van der Waals surface area contributed by atoms with Crippen molar-refractivity contribution in [1.29, 1.82) is 0 Å². The average Bonchev–Trinajstić information content (AvgIpc) is 1.84. The number of hydrogen-bond donors (Lipinski definition) is 2. The molecule has 0 spiro atoms. The van der Waals surface area contributed by atoms with E-state index >= 15 is 0 Å². The van der Waals surface area contributed by atoms with Crippen LogP contribution in [0.5, 0.6) is 0 Å². The summed E-state index contributed by atoms with van der Waals surface area (Å²) >= 11 is 0.